The van der Waals surface area contributed by atoms with Crippen molar-refractivity contribution in [2.45, 2.75) is 18.4 Å². The van der Waals surface area contributed by atoms with Gasteiger partial charge in [0.2, 0.25) is 5.91 Å². The molecule has 0 bridgehead atoms. The molecule has 5 nitrogen and oxygen atoms in total. The van der Waals surface area contributed by atoms with E-state index in [1.807, 2.05) is 66.7 Å². The van der Waals surface area contributed by atoms with Crippen LogP contribution in [0.3, 0.4) is 0 Å². The van der Waals surface area contributed by atoms with Gasteiger partial charge in [-0.25, -0.2) is 4.79 Å². The molecule has 0 saturated carbocycles. The second-order valence-corrected chi connectivity index (χ2v) is 8.52. The van der Waals surface area contributed by atoms with Crippen LogP contribution in [0.2, 0.25) is 0 Å². The van der Waals surface area contributed by atoms with Crippen LogP contribution in [-0.4, -0.2) is 29.5 Å². The minimum Gasteiger partial charge on any atom is -0.445 e. The van der Waals surface area contributed by atoms with E-state index in [9.17, 15) is 9.59 Å². The summed E-state index contributed by atoms with van der Waals surface area (Å²) in [5.41, 5.74) is 2.84. The van der Waals surface area contributed by atoms with Crippen LogP contribution in [0.5, 0.6) is 0 Å². The quantitative estimate of drug-likeness (QED) is 0.285. The van der Waals surface area contributed by atoms with Crippen LogP contribution >= 0.6 is 22.6 Å². The van der Waals surface area contributed by atoms with E-state index in [0.717, 1.165) is 27.5 Å². The Morgan fingerprint density at radius 3 is 1.84 bits per heavy atom. The highest BCUT2D eigenvalue weighted by atomic mass is 127. The first kappa shape index (κ1) is 23.8. The third-order valence-corrected chi connectivity index (χ3v) is 5.91. The van der Waals surface area contributed by atoms with Crippen molar-refractivity contribution in [3.05, 3.63) is 108 Å². The minimum atomic E-state index is -0.617. The lowest BCUT2D eigenvalue weighted by Gasteiger charge is -2.35. The highest BCUT2D eigenvalue weighted by Gasteiger charge is 2.34. The molecular formula is C26H27IN2O3. The van der Waals surface area contributed by atoms with E-state index < -0.39 is 6.09 Å². The van der Waals surface area contributed by atoms with Gasteiger partial charge in [0, 0.05) is 16.4 Å². The Balaban J connectivity index is 1.62. The van der Waals surface area contributed by atoms with E-state index in [2.05, 4.69) is 57.5 Å². The number of benzene rings is 3. The molecule has 0 aliphatic carbocycles. The maximum atomic E-state index is 12.6. The number of rotatable bonds is 10. The van der Waals surface area contributed by atoms with Crippen molar-refractivity contribution in [3.8, 4) is 0 Å². The van der Waals surface area contributed by atoms with Crippen LogP contribution in [-0.2, 0) is 21.6 Å². The van der Waals surface area contributed by atoms with Crippen molar-refractivity contribution in [2.75, 3.05) is 17.5 Å². The highest BCUT2D eigenvalue weighted by Crippen LogP contribution is 2.36. The van der Waals surface area contributed by atoms with Gasteiger partial charge in [0.05, 0.1) is 6.54 Å². The summed E-state index contributed by atoms with van der Waals surface area (Å²) in [6, 6.07) is 29.9. The van der Waals surface area contributed by atoms with Crippen LogP contribution in [0.25, 0.3) is 0 Å². The largest absolute Gasteiger partial charge is 0.445 e. The van der Waals surface area contributed by atoms with E-state index >= 15 is 0 Å². The van der Waals surface area contributed by atoms with Gasteiger partial charge in [0.1, 0.15) is 6.61 Å². The summed E-state index contributed by atoms with van der Waals surface area (Å²) in [5, 5.41) is 5.55. The smallest absolute Gasteiger partial charge is 0.407 e. The number of ether oxygens (including phenoxy) is 1. The number of carbonyl (C=O) groups is 2. The van der Waals surface area contributed by atoms with Crippen molar-refractivity contribution < 1.29 is 14.3 Å². The molecule has 6 heteroatoms. The summed E-state index contributed by atoms with van der Waals surface area (Å²) in [6.45, 7) is 0.455. The predicted molar refractivity (Wildman–Crippen MR) is 135 cm³/mol. The Morgan fingerprint density at radius 1 is 0.781 bits per heavy atom. The van der Waals surface area contributed by atoms with Crippen molar-refractivity contribution in [1.29, 1.82) is 0 Å². The number of hydrogen-bond acceptors (Lipinski definition) is 3. The molecule has 0 aromatic heterocycles. The van der Waals surface area contributed by atoms with Gasteiger partial charge < -0.3 is 15.4 Å². The molecule has 0 aliphatic rings. The van der Waals surface area contributed by atoms with Crippen LogP contribution in [0, 0.1) is 0 Å². The molecule has 3 rings (SSSR count). The third-order valence-electron chi connectivity index (χ3n) is 5.37. The van der Waals surface area contributed by atoms with Crippen LogP contribution in [0.15, 0.2) is 91.0 Å². The maximum Gasteiger partial charge on any atom is 0.407 e. The van der Waals surface area contributed by atoms with Gasteiger partial charge in [-0.05, 0) is 23.1 Å². The number of halogens is 1. The Hall–Kier alpha value is -2.87. The Labute approximate surface area is 202 Å². The number of amides is 2. The average molecular weight is 542 g/mol. The maximum absolute atomic E-state index is 12.6. The molecule has 3 aromatic rings. The Bertz CT molecular complexity index is 942. The van der Waals surface area contributed by atoms with Gasteiger partial charge in [-0.1, -0.05) is 114 Å². The zero-order valence-electron chi connectivity index (χ0n) is 17.8. The van der Waals surface area contributed by atoms with Crippen LogP contribution in [0.4, 0.5) is 4.79 Å². The molecule has 0 saturated heterocycles. The summed E-state index contributed by atoms with van der Waals surface area (Å²) in [4.78, 5) is 24.5. The van der Waals surface area contributed by atoms with Crippen molar-refractivity contribution in [1.82, 2.24) is 10.6 Å². The van der Waals surface area contributed by atoms with E-state index in [0.29, 0.717) is 6.54 Å². The molecule has 0 fully saturated rings. The van der Waals surface area contributed by atoms with Gasteiger partial charge in [0.15, 0.2) is 0 Å². The molecule has 3 aromatic carbocycles. The number of hydrogen-bond donors (Lipinski definition) is 2. The van der Waals surface area contributed by atoms with Gasteiger partial charge in [-0.15, -0.1) is 0 Å². The second-order valence-electron chi connectivity index (χ2n) is 7.45. The minimum absolute atomic E-state index is 0.141. The fourth-order valence-corrected chi connectivity index (χ4v) is 4.58. The first-order chi connectivity index (χ1) is 15.6. The first-order valence-corrected chi connectivity index (χ1v) is 12.0. The van der Waals surface area contributed by atoms with E-state index in [4.69, 9.17) is 4.74 Å². The first-order valence-electron chi connectivity index (χ1n) is 10.5. The van der Waals surface area contributed by atoms with Gasteiger partial charge in [-0.2, -0.15) is 0 Å². The summed E-state index contributed by atoms with van der Waals surface area (Å²) >= 11 is 2.38. The van der Waals surface area contributed by atoms with E-state index in [1.165, 1.54) is 0 Å². The molecule has 166 valence electrons. The summed E-state index contributed by atoms with van der Waals surface area (Å²) < 4.78 is 6.10. The van der Waals surface area contributed by atoms with Crippen molar-refractivity contribution in [3.63, 3.8) is 0 Å². The lowest BCUT2D eigenvalue weighted by molar-refractivity contribution is -0.120. The van der Waals surface area contributed by atoms with Crippen LogP contribution < -0.4 is 10.6 Å². The molecule has 0 aliphatic heterocycles. The van der Waals surface area contributed by atoms with Gasteiger partial charge in [-0.3, -0.25) is 4.79 Å². The number of nitrogens with one attached hydrogen (secondary N) is 2. The fourth-order valence-electron chi connectivity index (χ4n) is 3.66. The van der Waals surface area contributed by atoms with E-state index in [1.54, 1.807) is 0 Å². The molecule has 2 N–H and O–H groups in total. The molecular weight excluding hydrogens is 515 g/mol. The molecule has 0 unspecified atom stereocenters. The average Bonchev–Trinajstić information content (AvgIpc) is 2.85. The van der Waals surface area contributed by atoms with Crippen molar-refractivity contribution in [2.24, 2.45) is 0 Å². The Kier molecular flexibility index (Phi) is 9.10. The van der Waals surface area contributed by atoms with Gasteiger partial charge in [0.25, 0.3) is 0 Å². The zero-order chi connectivity index (χ0) is 22.7. The normalized spacial score (nSPS) is 10.9. The van der Waals surface area contributed by atoms with Crippen molar-refractivity contribution >= 4 is 34.6 Å². The lowest BCUT2D eigenvalue weighted by atomic mass is 9.72. The predicted octanol–water partition coefficient (Wildman–Crippen LogP) is 4.84. The monoisotopic (exact) mass is 542 g/mol. The fraction of sp³-hybridized carbons (Fsp3) is 0.231. The standard InChI is InChI=1S/C26H27IN2O3/c27-17-16-26(22-12-6-2-7-13-22,23-14-8-3-9-15-23)20-29-24(30)18-28-25(31)32-19-21-10-4-1-5-11-21/h1-15H,16-20H2,(H,28,31)(H,29,30). The van der Waals surface area contributed by atoms with E-state index in [-0.39, 0.29) is 24.5 Å². The highest BCUT2D eigenvalue weighted by molar-refractivity contribution is 14.1. The lowest BCUT2D eigenvalue weighted by Crippen LogP contribution is -2.45. The van der Waals surface area contributed by atoms with Crippen LogP contribution in [0.1, 0.15) is 23.1 Å². The molecule has 0 heterocycles. The molecule has 0 radical (unpaired) electrons. The van der Waals surface area contributed by atoms with Gasteiger partial charge >= 0.3 is 6.09 Å². The summed E-state index contributed by atoms with van der Waals surface area (Å²) in [5.74, 6) is -0.258. The molecule has 2 amide bonds. The third kappa shape index (κ3) is 6.56. The number of alkyl carbamates (subject to hydrolysis) is 1. The number of alkyl halides is 1. The Morgan fingerprint density at radius 2 is 1.31 bits per heavy atom. The zero-order valence-corrected chi connectivity index (χ0v) is 20.0. The number of carbonyl (C=O) groups excluding carboxylic acids is 2. The summed E-state index contributed by atoms with van der Waals surface area (Å²) in [6.07, 6.45) is 0.252. The SMILES string of the molecule is O=C(CNC(=O)OCc1ccccc1)NCC(CCI)(c1ccccc1)c1ccccc1. The topological polar surface area (TPSA) is 67.4 Å². The summed E-state index contributed by atoms with van der Waals surface area (Å²) in [7, 11) is 0. The second kappa shape index (κ2) is 12.2. The molecule has 0 spiro atoms. The molecule has 0 atom stereocenters. The molecule has 32 heavy (non-hydrogen) atoms.